The number of piperazine rings is 1. The zero-order valence-corrected chi connectivity index (χ0v) is 17.1. The highest BCUT2D eigenvalue weighted by Gasteiger charge is 2.46. The summed E-state index contributed by atoms with van der Waals surface area (Å²) in [4.78, 5) is 28.5. The van der Waals surface area contributed by atoms with Crippen LogP contribution in [0.25, 0.3) is 0 Å². The second kappa shape index (κ2) is 8.15. The standard InChI is InChI=1S/C22H19ClF4N2O2/c23-15-5-6-19(24)18(11-15)21(31)29-9-7-28(8-10-29)20(30)17-12-16(17)13-1-3-14(4-2-13)22(25,26)27/h1-6,11,16-17H,7-10,12H2/t16-,17+/m0/s1. The van der Waals surface area contributed by atoms with E-state index in [1.54, 1.807) is 4.90 Å². The zero-order chi connectivity index (χ0) is 22.3. The van der Waals surface area contributed by atoms with Crippen LogP contribution in [0.4, 0.5) is 17.6 Å². The minimum atomic E-state index is -4.39. The Bertz CT molecular complexity index is 1000. The van der Waals surface area contributed by atoms with Crippen LogP contribution in [0.1, 0.15) is 33.8 Å². The van der Waals surface area contributed by atoms with Crippen LogP contribution >= 0.6 is 11.6 Å². The first-order valence-corrected chi connectivity index (χ1v) is 10.2. The van der Waals surface area contributed by atoms with Crippen LogP contribution in [-0.2, 0) is 11.0 Å². The summed E-state index contributed by atoms with van der Waals surface area (Å²) in [6.45, 7) is 1.19. The van der Waals surface area contributed by atoms with Crippen molar-refractivity contribution in [2.45, 2.75) is 18.5 Å². The molecule has 0 bridgehead atoms. The molecule has 1 saturated carbocycles. The Morgan fingerprint density at radius 1 is 0.935 bits per heavy atom. The minimum Gasteiger partial charge on any atom is -0.339 e. The monoisotopic (exact) mass is 454 g/mol. The number of nitrogens with zero attached hydrogens (tertiary/aromatic N) is 2. The second-order valence-electron chi connectivity index (χ2n) is 7.81. The highest BCUT2D eigenvalue weighted by atomic mass is 35.5. The fourth-order valence-corrected chi connectivity index (χ4v) is 4.12. The molecular formula is C22H19ClF4N2O2. The van der Waals surface area contributed by atoms with E-state index in [9.17, 15) is 27.2 Å². The smallest absolute Gasteiger partial charge is 0.339 e. The van der Waals surface area contributed by atoms with Crippen LogP contribution in [-0.4, -0.2) is 47.8 Å². The van der Waals surface area contributed by atoms with Crippen molar-refractivity contribution in [3.8, 4) is 0 Å². The molecule has 1 aliphatic carbocycles. The molecular weight excluding hydrogens is 436 g/mol. The van der Waals surface area contributed by atoms with Gasteiger partial charge in [0.25, 0.3) is 5.91 Å². The van der Waals surface area contributed by atoms with Gasteiger partial charge >= 0.3 is 6.18 Å². The van der Waals surface area contributed by atoms with Gasteiger partial charge in [-0.3, -0.25) is 9.59 Å². The highest BCUT2D eigenvalue weighted by Crippen LogP contribution is 2.49. The van der Waals surface area contributed by atoms with Crippen molar-refractivity contribution in [1.29, 1.82) is 0 Å². The predicted octanol–water partition coefficient (Wildman–Crippen LogP) is 4.59. The minimum absolute atomic E-state index is 0.0640. The van der Waals surface area contributed by atoms with Crippen molar-refractivity contribution in [3.05, 3.63) is 70.0 Å². The van der Waals surface area contributed by atoms with Gasteiger partial charge in [0.15, 0.2) is 0 Å². The molecule has 9 heteroatoms. The number of carbonyl (C=O) groups excluding carboxylic acids is 2. The molecule has 2 amide bonds. The van der Waals surface area contributed by atoms with E-state index in [0.29, 0.717) is 19.5 Å². The number of alkyl halides is 3. The quantitative estimate of drug-likeness (QED) is 0.637. The Kier molecular flexibility index (Phi) is 5.68. The van der Waals surface area contributed by atoms with Crippen molar-refractivity contribution in [3.63, 3.8) is 0 Å². The predicted molar refractivity (Wildman–Crippen MR) is 106 cm³/mol. The van der Waals surface area contributed by atoms with Gasteiger partial charge in [-0.25, -0.2) is 4.39 Å². The molecule has 164 valence electrons. The molecule has 0 unspecified atom stereocenters. The molecule has 2 fully saturated rings. The number of hydrogen-bond donors (Lipinski definition) is 0. The number of hydrogen-bond acceptors (Lipinski definition) is 2. The van der Waals surface area contributed by atoms with Gasteiger partial charge in [-0.15, -0.1) is 0 Å². The summed E-state index contributed by atoms with van der Waals surface area (Å²) in [5, 5.41) is 0.265. The molecule has 2 atom stereocenters. The van der Waals surface area contributed by atoms with E-state index in [-0.39, 0.29) is 41.4 Å². The number of rotatable bonds is 3. The van der Waals surface area contributed by atoms with E-state index in [2.05, 4.69) is 0 Å². The van der Waals surface area contributed by atoms with Gasteiger partial charge in [-0.05, 0) is 48.2 Å². The third kappa shape index (κ3) is 4.54. The third-order valence-corrected chi connectivity index (χ3v) is 6.05. The summed E-state index contributed by atoms with van der Waals surface area (Å²) in [5.74, 6) is -1.53. The fraction of sp³-hybridized carbons (Fsp3) is 0.364. The molecule has 0 radical (unpaired) electrons. The van der Waals surface area contributed by atoms with Crippen molar-refractivity contribution in [1.82, 2.24) is 9.80 Å². The molecule has 2 aromatic carbocycles. The fourth-order valence-electron chi connectivity index (χ4n) is 3.95. The van der Waals surface area contributed by atoms with Crippen molar-refractivity contribution < 1.29 is 27.2 Å². The van der Waals surface area contributed by atoms with Gasteiger partial charge in [0.1, 0.15) is 5.82 Å². The molecule has 1 aliphatic heterocycles. The average molecular weight is 455 g/mol. The van der Waals surface area contributed by atoms with Crippen LogP contribution < -0.4 is 0 Å². The van der Waals surface area contributed by atoms with Crippen molar-refractivity contribution in [2.24, 2.45) is 5.92 Å². The number of carbonyl (C=O) groups is 2. The van der Waals surface area contributed by atoms with Crippen molar-refractivity contribution >= 4 is 23.4 Å². The van der Waals surface area contributed by atoms with E-state index in [1.807, 2.05) is 0 Å². The van der Waals surface area contributed by atoms with Gasteiger partial charge in [0.2, 0.25) is 5.91 Å². The Balaban J connectivity index is 1.33. The van der Waals surface area contributed by atoms with Crippen molar-refractivity contribution in [2.75, 3.05) is 26.2 Å². The lowest BCUT2D eigenvalue weighted by Gasteiger charge is -2.35. The molecule has 4 rings (SSSR count). The molecule has 2 aromatic rings. The Labute approximate surface area is 181 Å². The molecule has 0 N–H and O–H groups in total. The van der Waals surface area contributed by atoms with Gasteiger partial charge in [0.05, 0.1) is 11.1 Å². The maximum atomic E-state index is 14.0. The molecule has 31 heavy (non-hydrogen) atoms. The molecule has 1 saturated heterocycles. The Morgan fingerprint density at radius 2 is 1.55 bits per heavy atom. The molecule has 0 aromatic heterocycles. The van der Waals surface area contributed by atoms with E-state index in [4.69, 9.17) is 11.6 Å². The largest absolute Gasteiger partial charge is 0.416 e. The molecule has 4 nitrogen and oxygen atoms in total. The first-order chi connectivity index (χ1) is 14.6. The second-order valence-corrected chi connectivity index (χ2v) is 8.25. The van der Waals surface area contributed by atoms with E-state index >= 15 is 0 Å². The lowest BCUT2D eigenvalue weighted by molar-refractivity contribution is -0.137. The molecule has 0 spiro atoms. The Morgan fingerprint density at radius 3 is 2.16 bits per heavy atom. The SMILES string of the molecule is O=C(c1cc(Cl)ccc1F)N1CCN(C(=O)[C@@H]2C[C@H]2c2ccc(C(F)(F)F)cc2)CC1. The maximum Gasteiger partial charge on any atom is 0.416 e. The van der Waals surface area contributed by atoms with E-state index in [1.165, 1.54) is 29.2 Å². The summed E-state index contributed by atoms with van der Waals surface area (Å²) in [7, 11) is 0. The van der Waals surface area contributed by atoms with Gasteiger partial charge < -0.3 is 9.80 Å². The summed E-state index contributed by atoms with van der Waals surface area (Å²) < 4.78 is 52.1. The summed E-state index contributed by atoms with van der Waals surface area (Å²) >= 11 is 5.86. The highest BCUT2D eigenvalue weighted by molar-refractivity contribution is 6.31. The van der Waals surface area contributed by atoms with E-state index < -0.39 is 23.5 Å². The molecule has 2 aliphatic rings. The summed E-state index contributed by atoms with van der Waals surface area (Å²) in [6, 6.07) is 8.73. The summed E-state index contributed by atoms with van der Waals surface area (Å²) in [6.07, 6.45) is -3.79. The summed E-state index contributed by atoms with van der Waals surface area (Å²) in [5.41, 5.74) is -0.0925. The average Bonchev–Trinajstić information content (AvgIpc) is 3.55. The maximum absolute atomic E-state index is 14.0. The van der Waals surface area contributed by atoms with Crippen LogP contribution in [0, 0.1) is 11.7 Å². The lowest BCUT2D eigenvalue weighted by Crippen LogP contribution is -2.51. The third-order valence-electron chi connectivity index (χ3n) is 5.81. The van der Waals surface area contributed by atoms with E-state index in [0.717, 1.165) is 23.8 Å². The lowest BCUT2D eigenvalue weighted by atomic mass is 10.1. The number of benzene rings is 2. The van der Waals surface area contributed by atoms with Gasteiger partial charge in [-0.2, -0.15) is 13.2 Å². The first-order valence-electron chi connectivity index (χ1n) is 9.85. The zero-order valence-electron chi connectivity index (χ0n) is 16.3. The normalized spacial score (nSPS) is 21.2. The molecule has 1 heterocycles. The Hall–Kier alpha value is -2.61. The topological polar surface area (TPSA) is 40.6 Å². The number of amides is 2. The van der Waals surface area contributed by atoms with Crippen LogP contribution in [0.3, 0.4) is 0 Å². The van der Waals surface area contributed by atoms with Gasteiger partial charge in [-0.1, -0.05) is 23.7 Å². The van der Waals surface area contributed by atoms with Gasteiger partial charge in [0, 0.05) is 37.1 Å². The number of halogens is 5. The van der Waals surface area contributed by atoms with Crippen LogP contribution in [0.2, 0.25) is 5.02 Å². The first kappa shape index (κ1) is 21.6. The van der Waals surface area contributed by atoms with Crippen LogP contribution in [0.5, 0.6) is 0 Å². The van der Waals surface area contributed by atoms with Crippen LogP contribution in [0.15, 0.2) is 42.5 Å².